The lowest BCUT2D eigenvalue weighted by Gasteiger charge is -2.19. The van der Waals surface area contributed by atoms with Crippen LogP contribution in [0.2, 0.25) is 0 Å². The van der Waals surface area contributed by atoms with E-state index in [1.807, 2.05) is 12.1 Å². The fraction of sp³-hybridized carbons (Fsp3) is 0.261. The minimum Gasteiger partial charge on any atom is -0.358 e. The van der Waals surface area contributed by atoms with Gasteiger partial charge in [0, 0.05) is 39.5 Å². The summed E-state index contributed by atoms with van der Waals surface area (Å²) < 4.78 is 13.4. The highest BCUT2D eigenvalue weighted by atomic mass is 19.1. The Kier molecular flexibility index (Phi) is 4.46. The lowest BCUT2D eigenvalue weighted by Crippen LogP contribution is -2.26. The van der Waals surface area contributed by atoms with E-state index >= 15 is 0 Å². The number of carbonyl (C=O) groups excluding carboxylic acids is 1. The molecule has 0 aliphatic rings. The summed E-state index contributed by atoms with van der Waals surface area (Å²) in [5, 5.41) is 4.87. The van der Waals surface area contributed by atoms with Gasteiger partial charge in [-0.15, -0.1) is 0 Å². The van der Waals surface area contributed by atoms with Gasteiger partial charge in [-0.3, -0.25) is 4.79 Å². The lowest BCUT2D eigenvalue weighted by atomic mass is 9.88. The van der Waals surface area contributed by atoms with Crippen LogP contribution in [0.15, 0.2) is 48.5 Å². The standard InChI is InChI=1S/C23H24FN3O/c1-23(2,3)21-17(16-6-4-5-7-19(16)27-21)10-11-25-22(28)20-13-14-12-15(24)8-9-18(14)26-20/h4-9,12-13,26-27H,10-11H2,1-3H3,(H,25,28). The molecule has 144 valence electrons. The number of rotatable bonds is 4. The molecule has 28 heavy (non-hydrogen) atoms. The molecule has 0 saturated heterocycles. The number of benzene rings is 2. The van der Waals surface area contributed by atoms with E-state index in [4.69, 9.17) is 0 Å². The molecular weight excluding hydrogens is 353 g/mol. The number of para-hydroxylation sites is 1. The Morgan fingerprint density at radius 2 is 1.82 bits per heavy atom. The van der Waals surface area contributed by atoms with Gasteiger partial charge in [0.2, 0.25) is 0 Å². The third-order valence-corrected chi connectivity index (χ3v) is 5.05. The minimum absolute atomic E-state index is 0.0143. The van der Waals surface area contributed by atoms with Crippen LogP contribution in [0.3, 0.4) is 0 Å². The molecule has 0 saturated carbocycles. The normalized spacial score (nSPS) is 12.0. The molecule has 0 radical (unpaired) electrons. The van der Waals surface area contributed by atoms with Gasteiger partial charge in [0.05, 0.1) is 0 Å². The SMILES string of the molecule is CC(C)(C)c1[nH]c2ccccc2c1CCNC(=O)c1cc2cc(F)ccc2[nH]1. The highest BCUT2D eigenvalue weighted by molar-refractivity contribution is 5.98. The van der Waals surface area contributed by atoms with Gasteiger partial charge >= 0.3 is 0 Å². The summed E-state index contributed by atoms with van der Waals surface area (Å²) in [4.78, 5) is 19.1. The molecule has 3 N–H and O–H groups in total. The maximum absolute atomic E-state index is 13.4. The molecule has 1 amide bonds. The van der Waals surface area contributed by atoms with Gasteiger partial charge in [0.15, 0.2) is 0 Å². The van der Waals surface area contributed by atoms with Crippen LogP contribution < -0.4 is 5.32 Å². The third-order valence-electron chi connectivity index (χ3n) is 5.05. The Morgan fingerprint density at radius 3 is 2.61 bits per heavy atom. The molecule has 2 aromatic heterocycles. The first-order valence-electron chi connectivity index (χ1n) is 9.49. The fourth-order valence-corrected chi connectivity index (χ4v) is 3.72. The van der Waals surface area contributed by atoms with E-state index in [9.17, 15) is 9.18 Å². The average molecular weight is 377 g/mol. The zero-order valence-corrected chi connectivity index (χ0v) is 16.3. The molecular formula is C23H24FN3O. The number of aromatic amines is 2. The van der Waals surface area contributed by atoms with Gasteiger partial charge in [0.25, 0.3) is 5.91 Å². The molecule has 4 aromatic rings. The summed E-state index contributed by atoms with van der Waals surface area (Å²) in [7, 11) is 0. The molecule has 0 aliphatic carbocycles. The number of hydrogen-bond acceptors (Lipinski definition) is 1. The summed E-state index contributed by atoms with van der Waals surface area (Å²) >= 11 is 0. The topological polar surface area (TPSA) is 60.7 Å². The van der Waals surface area contributed by atoms with E-state index in [-0.39, 0.29) is 17.1 Å². The highest BCUT2D eigenvalue weighted by Gasteiger charge is 2.22. The number of nitrogens with one attached hydrogen (secondary N) is 3. The zero-order chi connectivity index (χ0) is 19.9. The number of carbonyl (C=O) groups is 1. The van der Waals surface area contributed by atoms with Crippen LogP contribution in [0.1, 0.15) is 42.5 Å². The van der Waals surface area contributed by atoms with Gasteiger partial charge in [0.1, 0.15) is 11.5 Å². The molecule has 0 fully saturated rings. The van der Waals surface area contributed by atoms with Crippen LogP contribution in [0.5, 0.6) is 0 Å². The quantitative estimate of drug-likeness (QED) is 0.457. The van der Waals surface area contributed by atoms with Crippen molar-refractivity contribution in [2.75, 3.05) is 6.54 Å². The second-order valence-electron chi connectivity index (χ2n) is 8.19. The molecule has 0 bridgehead atoms. The summed E-state index contributed by atoms with van der Waals surface area (Å²) in [5.74, 6) is -0.499. The Hall–Kier alpha value is -3.08. The minimum atomic E-state index is -0.312. The molecule has 4 nitrogen and oxygen atoms in total. The average Bonchev–Trinajstić information content (AvgIpc) is 3.23. The van der Waals surface area contributed by atoms with E-state index < -0.39 is 0 Å². The predicted octanol–water partition coefficient (Wildman–Crippen LogP) is 5.06. The number of H-pyrrole nitrogens is 2. The summed E-state index contributed by atoms with van der Waals surface area (Å²) in [6, 6.07) is 14.4. The second-order valence-corrected chi connectivity index (χ2v) is 8.19. The fourth-order valence-electron chi connectivity index (χ4n) is 3.72. The van der Waals surface area contributed by atoms with Crippen molar-refractivity contribution in [1.82, 2.24) is 15.3 Å². The molecule has 0 unspecified atom stereocenters. The van der Waals surface area contributed by atoms with Crippen LogP contribution in [0.25, 0.3) is 21.8 Å². The number of halogens is 1. The van der Waals surface area contributed by atoms with Gasteiger partial charge in [-0.05, 0) is 42.3 Å². The summed E-state index contributed by atoms with van der Waals surface area (Å²) in [5.41, 5.74) is 4.73. The Morgan fingerprint density at radius 1 is 1.04 bits per heavy atom. The second kappa shape index (κ2) is 6.82. The van der Waals surface area contributed by atoms with Crippen molar-refractivity contribution in [3.8, 4) is 0 Å². The predicted molar refractivity (Wildman–Crippen MR) is 111 cm³/mol. The largest absolute Gasteiger partial charge is 0.358 e. The van der Waals surface area contributed by atoms with Crippen molar-refractivity contribution in [3.63, 3.8) is 0 Å². The van der Waals surface area contributed by atoms with Crippen molar-refractivity contribution in [2.24, 2.45) is 0 Å². The monoisotopic (exact) mass is 377 g/mol. The molecule has 4 rings (SSSR count). The maximum Gasteiger partial charge on any atom is 0.267 e. The van der Waals surface area contributed by atoms with E-state index in [0.717, 1.165) is 17.5 Å². The smallest absolute Gasteiger partial charge is 0.267 e. The first-order valence-corrected chi connectivity index (χ1v) is 9.49. The molecule has 2 heterocycles. The Labute approximate surface area is 163 Å². The zero-order valence-electron chi connectivity index (χ0n) is 16.3. The number of aromatic nitrogens is 2. The molecule has 0 spiro atoms. The van der Waals surface area contributed by atoms with Gasteiger partial charge in [-0.2, -0.15) is 0 Å². The number of amides is 1. The van der Waals surface area contributed by atoms with E-state index in [0.29, 0.717) is 17.6 Å². The van der Waals surface area contributed by atoms with Crippen LogP contribution >= 0.6 is 0 Å². The first-order chi connectivity index (χ1) is 13.3. The van der Waals surface area contributed by atoms with Crippen molar-refractivity contribution < 1.29 is 9.18 Å². The van der Waals surface area contributed by atoms with E-state index in [1.54, 1.807) is 12.1 Å². The third kappa shape index (κ3) is 3.40. The number of fused-ring (bicyclic) bond motifs is 2. The van der Waals surface area contributed by atoms with Crippen molar-refractivity contribution in [1.29, 1.82) is 0 Å². The maximum atomic E-state index is 13.4. The molecule has 2 aromatic carbocycles. The van der Waals surface area contributed by atoms with Crippen LogP contribution in [0.4, 0.5) is 4.39 Å². The summed E-state index contributed by atoms with van der Waals surface area (Å²) in [6.07, 6.45) is 0.733. The van der Waals surface area contributed by atoms with Crippen molar-refractivity contribution in [2.45, 2.75) is 32.6 Å². The van der Waals surface area contributed by atoms with Crippen LogP contribution in [-0.4, -0.2) is 22.4 Å². The summed E-state index contributed by atoms with van der Waals surface area (Å²) in [6.45, 7) is 7.07. The molecule has 0 atom stereocenters. The Bertz CT molecular complexity index is 1160. The highest BCUT2D eigenvalue weighted by Crippen LogP contribution is 2.31. The lowest BCUT2D eigenvalue weighted by molar-refractivity contribution is 0.0950. The van der Waals surface area contributed by atoms with Gasteiger partial charge in [-0.1, -0.05) is 39.0 Å². The van der Waals surface area contributed by atoms with Crippen LogP contribution in [-0.2, 0) is 11.8 Å². The van der Waals surface area contributed by atoms with Crippen molar-refractivity contribution in [3.05, 3.63) is 71.3 Å². The molecule has 0 aliphatic heterocycles. The van der Waals surface area contributed by atoms with Crippen molar-refractivity contribution >= 4 is 27.7 Å². The molecule has 5 heteroatoms. The van der Waals surface area contributed by atoms with E-state index in [1.165, 1.54) is 28.8 Å². The van der Waals surface area contributed by atoms with E-state index in [2.05, 4.69) is 48.2 Å². The first kappa shape index (κ1) is 18.3. The number of hydrogen-bond donors (Lipinski definition) is 3. The Balaban J connectivity index is 1.52. The van der Waals surface area contributed by atoms with Crippen LogP contribution in [0, 0.1) is 5.82 Å². The van der Waals surface area contributed by atoms with Gasteiger partial charge in [-0.25, -0.2) is 4.39 Å². The van der Waals surface area contributed by atoms with Gasteiger partial charge < -0.3 is 15.3 Å².